The number of aromatic nitrogens is 1. The third kappa shape index (κ3) is 3.91. The number of benzene rings is 1. The summed E-state index contributed by atoms with van der Waals surface area (Å²) in [6, 6.07) is 11.4. The molecule has 3 N–H and O–H groups in total. The van der Waals surface area contributed by atoms with Gasteiger partial charge in [-0.15, -0.1) is 0 Å². The topological polar surface area (TPSA) is 50.9 Å². The van der Waals surface area contributed by atoms with E-state index in [-0.39, 0.29) is 0 Å². The van der Waals surface area contributed by atoms with Gasteiger partial charge in [0.05, 0.1) is 0 Å². The number of hydrogen-bond donors (Lipinski definition) is 2. The molecule has 0 spiro atoms. The molecule has 0 saturated heterocycles. The molecule has 1 heterocycles. The first-order valence-corrected chi connectivity index (χ1v) is 6.60. The second-order valence-corrected chi connectivity index (χ2v) is 5.10. The summed E-state index contributed by atoms with van der Waals surface area (Å²) < 4.78 is 0. The van der Waals surface area contributed by atoms with Crippen molar-refractivity contribution in [2.75, 3.05) is 5.32 Å². The van der Waals surface area contributed by atoms with Crippen LogP contribution in [0.25, 0.3) is 0 Å². The van der Waals surface area contributed by atoms with Crippen LogP contribution in [0.2, 0.25) is 5.02 Å². The first-order valence-electron chi connectivity index (χ1n) is 5.81. The van der Waals surface area contributed by atoms with Gasteiger partial charge < -0.3 is 11.1 Å². The van der Waals surface area contributed by atoms with E-state index < -0.39 is 0 Å². The number of nitrogens with zero attached hydrogens (tertiary/aromatic N) is 1. The van der Waals surface area contributed by atoms with Crippen LogP contribution >= 0.6 is 23.8 Å². The first kappa shape index (κ1) is 13.8. The number of anilines is 1. The van der Waals surface area contributed by atoms with Gasteiger partial charge in [-0.2, -0.15) is 0 Å². The summed E-state index contributed by atoms with van der Waals surface area (Å²) in [7, 11) is 0. The van der Waals surface area contributed by atoms with Crippen molar-refractivity contribution in [3.63, 3.8) is 0 Å². The van der Waals surface area contributed by atoms with Crippen molar-refractivity contribution in [2.45, 2.75) is 13.5 Å². The number of rotatable bonds is 4. The van der Waals surface area contributed by atoms with Gasteiger partial charge in [-0.25, -0.2) is 4.98 Å². The molecule has 2 rings (SSSR count). The lowest BCUT2D eigenvalue weighted by atomic mass is 10.2. The molecule has 1 aromatic heterocycles. The van der Waals surface area contributed by atoms with E-state index >= 15 is 0 Å². The van der Waals surface area contributed by atoms with Crippen LogP contribution in [0.4, 0.5) is 5.82 Å². The Labute approximate surface area is 122 Å². The van der Waals surface area contributed by atoms with Gasteiger partial charge >= 0.3 is 0 Å². The zero-order valence-electron chi connectivity index (χ0n) is 10.5. The summed E-state index contributed by atoms with van der Waals surface area (Å²) in [6.07, 6.45) is 0. The Hall–Kier alpha value is -1.65. The molecule has 0 aliphatic carbocycles. The minimum atomic E-state index is 0.375. The average molecular weight is 292 g/mol. The molecule has 0 aliphatic heterocycles. The van der Waals surface area contributed by atoms with Crippen molar-refractivity contribution in [1.29, 1.82) is 0 Å². The third-order valence-electron chi connectivity index (χ3n) is 2.62. The predicted octanol–water partition coefficient (Wildman–Crippen LogP) is 3.29. The van der Waals surface area contributed by atoms with Gasteiger partial charge in [-0.1, -0.05) is 36.0 Å². The molecule has 0 aliphatic rings. The van der Waals surface area contributed by atoms with E-state index in [9.17, 15) is 0 Å². The Morgan fingerprint density at radius 1 is 1.32 bits per heavy atom. The Balaban J connectivity index is 2.11. The Kier molecular flexibility index (Phi) is 4.35. The molecule has 0 bridgehead atoms. The summed E-state index contributed by atoms with van der Waals surface area (Å²) in [5, 5.41) is 3.98. The van der Waals surface area contributed by atoms with Crippen LogP contribution in [-0.4, -0.2) is 9.97 Å². The lowest BCUT2D eigenvalue weighted by molar-refractivity contribution is 1.09. The lowest BCUT2D eigenvalue weighted by Crippen LogP contribution is -2.11. The zero-order chi connectivity index (χ0) is 13.8. The van der Waals surface area contributed by atoms with Crippen LogP contribution < -0.4 is 11.1 Å². The fourth-order valence-electron chi connectivity index (χ4n) is 1.70. The largest absolute Gasteiger partial charge is 0.389 e. The van der Waals surface area contributed by atoms with Crippen molar-refractivity contribution < 1.29 is 0 Å². The molecule has 1 aromatic carbocycles. The number of aryl methyl sites for hydroxylation is 1. The van der Waals surface area contributed by atoms with Crippen molar-refractivity contribution in [3.8, 4) is 0 Å². The molecular formula is C14H14ClN3S. The number of pyridine rings is 1. The number of thiocarbonyl (C=S) groups is 1. The zero-order valence-corrected chi connectivity index (χ0v) is 12.1. The second-order valence-electron chi connectivity index (χ2n) is 4.23. The van der Waals surface area contributed by atoms with E-state index in [1.54, 1.807) is 0 Å². The van der Waals surface area contributed by atoms with Gasteiger partial charge in [0.25, 0.3) is 0 Å². The maximum Gasteiger partial charge on any atom is 0.127 e. The number of nitrogens with one attached hydrogen (secondary N) is 1. The smallest absolute Gasteiger partial charge is 0.127 e. The molecule has 0 fully saturated rings. The van der Waals surface area contributed by atoms with Crippen LogP contribution in [-0.2, 0) is 6.54 Å². The fourth-order valence-corrected chi connectivity index (χ4v) is 1.94. The van der Waals surface area contributed by atoms with E-state index in [0.29, 0.717) is 11.5 Å². The van der Waals surface area contributed by atoms with Gasteiger partial charge in [0.2, 0.25) is 0 Å². The van der Waals surface area contributed by atoms with Crippen LogP contribution in [0.15, 0.2) is 36.4 Å². The normalized spacial score (nSPS) is 10.2. The molecule has 0 unspecified atom stereocenters. The highest BCUT2D eigenvalue weighted by molar-refractivity contribution is 7.80. The van der Waals surface area contributed by atoms with Crippen molar-refractivity contribution >= 4 is 34.6 Å². The maximum atomic E-state index is 5.84. The number of halogens is 1. The average Bonchev–Trinajstić information content (AvgIpc) is 2.37. The molecule has 0 saturated carbocycles. The molecule has 98 valence electrons. The van der Waals surface area contributed by atoms with Crippen LogP contribution in [0.3, 0.4) is 0 Å². The Morgan fingerprint density at radius 2 is 2.00 bits per heavy atom. The summed E-state index contributed by atoms with van der Waals surface area (Å²) in [5.74, 6) is 0.762. The molecule has 0 radical (unpaired) electrons. The molecule has 2 aromatic rings. The highest BCUT2D eigenvalue weighted by Gasteiger charge is 2.02. The molecule has 5 heteroatoms. The van der Waals surface area contributed by atoms with Gasteiger partial charge in [0.1, 0.15) is 10.8 Å². The summed E-state index contributed by atoms with van der Waals surface area (Å²) in [4.78, 5) is 4.77. The predicted molar refractivity (Wildman–Crippen MR) is 83.6 cm³/mol. The maximum absolute atomic E-state index is 5.84. The van der Waals surface area contributed by atoms with E-state index in [1.807, 2.05) is 43.3 Å². The Morgan fingerprint density at radius 3 is 2.63 bits per heavy atom. The monoisotopic (exact) mass is 291 g/mol. The molecule has 0 amide bonds. The molecule has 3 nitrogen and oxygen atoms in total. The standard InChI is InChI=1S/C14H14ClN3S/c1-9-6-11(14(16)19)7-13(18-9)17-8-10-2-4-12(15)5-3-10/h2-7H,8H2,1H3,(H2,16,19)(H,17,18). The van der Waals surface area contributed by atoms with Crippen LogP contribution in [0.1, 0.15) is 16.8 Å². The fraction of sp³-hybridized carbons (Fsp3) is 0.143. The SMILES string of the molecule is Cc1cc(C(N)=S)cc(NCc2ccc(Cl)cc2)n1. The van der Waals surface area contributed by atoms with Gasteiger partial charge in [-0.05, 0) is 36.8 Å². The van der Waals surface area contributed by atoms with E-state index in [1.165, 1.54) is 0 Å². The van der Waals surface area contributed by atoms with Gasteiger partial charge in [-0.3, -0.25) is 0 Å². The summed E-state index contributed by atoms with van der Waals surface area (Å²) in [6.45, 7) is 2.58. The lowest BCUT2D eigenvalue weighted by Gasteiger charge is -2.09. The van der Waals surface area contributed by atoms with Crippen molar-refractivity contribution in [3.05, 3.63) is 58.2 Å². The van der Waals surface area contributed by atoms with Crippen molar-refractivity contribution in [2.24, 2.45) is 5.73 Å². The van der Waals surface area contributed by atoms with Gasteiger partial charge in [0, 0.05) is 22.8 Å². The second kappa shape index (κ2) is 5.99. The van der Waals surface area contributed by atoms with E-state index in [4.69, 9.17) is 29.6 Å². The summed E-state index contributed by atoms with van der Waals surface area (Å²) >= 11 is 10.8. The molecule has 19 heavy (non-hydrogen) atoms. The van der Waals surface area contributed by atoms with E-state index in [0.717, 1.165) is 27.7 Å². The highest BCUT2D eigenvalue weighted by atomic mass is 35.5. The third-order valence-corrected chi connectivity index (χ3v) is 3.11. The van der Waals surface area contributed by atoms with Crippen molar-refractivity contribution in [1.82, 2.24) is 4.98 Å². The molecule has 0 atom stereocenters. The number of hydrogen-bond acceptors (Lipinski definition) is 3. The van der Waals surface area contributed by atoms with Gasteiger partial charge in [0.15, 0.2) is 0 Å². The minimum absolute atomic E-state index is 0.375. The van der Waals surface area contributed by atoms with Crippen LogP contribution in [0.5, 0.6) is 0 Å². The Bertz CT molecular complexity index is 596. The minimum Gasteiger partial charge on any atom is -0.389 e. The highest BCUT2D eigenvalue weighted by Crippen LogP contribution is 2.13. The first-order chi connectivity index (χ1) is 9.04. The summed E-state index contributed by atoms with van der Waals surface area (Å²) in [5.41, 5.74) is 8.46. The quantitative estimate of drug-likeness (QED) is 0.849. The number of nitrogens with two attached hydrogens (primary N) is 1. The van der Waals surface area contributed by atoms with Crippen LogP contribution in [0, 0.1) is 6.92 Å². The van der Waals surface area contributed by atoms with E-state index in [2.05, 4.69) is 10.3 Å². The molecular weight excluding hydrogens is 278 g/mol.